The molecular weight excluding hydrogens is 1660 g/mol. The third-order valence-corrected chi connectivity index (χ3v) is 29.6. The summed E-state index contributed by atoms with van der Waals surface area (Å²) in [7, 11) is 5.15. The molecule has 4 amide bonds. The van der Waals surface area contributed by atoms with Crippen LogP contribution in [0.25, 0.3) is 87.7 Å². The number of carbonyl (C=O) groups is 4. The van der Waals surface area contributed by atoms with E-state index in [9.17, 15) is 36.7 Å². The molecule has 4 atom stereocenters. The maximum atomic E-state index is 13.9. The van der Waals surface area contributed by atoms with Crippen molar-refractivity contribution in [3.8, 4) is 0 Å². The molecule has 0 unspecified atom stereocenters. The zero-order valence-electron chi connectivity index (χ0n) is 75.7. The van der Waals surface area contributed by atoms with E-state index in [-0.39, 0.29) is 46.9 Å². The fourth-order valence-corrected chi connectivity index (χ4v) is 21.5. The van der Waals surface area contributed by atoms with E-state index in [1.807, 2.05) is 102 Å². The Labute approximate surface area is 764 Å². The number of nitrogens with zero attached hydrogens (tertiary/aromatic N) is 10. The number of aromatic amines is 4. The molecule has 8 aromatic carbocycles. The minimum atomic E-state index is -0.210. The maximum absolute atomic E-state index is 13.9. The summed E-state index contributed by atoms with van der Waals surface area (Å²) in [6, 6.07) is 50.8. The Bertz CT molecular complexity index is 6780. The molecule has 8 aromatic heterocycles. The second-order valence-corrected chi connectivity index (χ2v) is 38.1. The van der Waals surface area contributed by atoms with Crippen molar-refractivity contribution in [2.75, 3.05) is 34.2 Å². The summed E-state index contributed by atoms with van der Waals surface area (Å²) in [5.74, 6) is 8.23. The van der Waals surface area contributed by atoms with E-state index in [2.05, 4.69) is 102 Å². The number of hydrogen-bond donors (Lipinski definition) is 6. The van der Waals surface area contributed by atoms with Gasteiger partial charge in [-0.3, -0.25) is 39.1 Å². The van der Waals surface area contributed by atoms with E-state index in [0.29, 0.717) is 93.7 Å². The van der Waals surface area contributed by atoms with Gasteiger partial charge in [0.1, 0.15) is 46.6 Å². The molecule has 6 N–H and O–H groups in total. The first kappa shape index (κ1) is 88.2. The number of carbonyl (C=O) groups excluding carboxylic acids is 4. The molecule has 20 nitrogen and oxygen atoms in total. The van der Waals surface area contributed by atoms with Gasteiger partial charge < -0.3 is 40.4 Å². The van der Waals surface area contributed by atoms with Crippen LogP contribution in [0.3, 0.4) is 0 Å². The lowest BCUT2D eigenvalue weighted by Crippen LogP contribution is -2.25. The van der Waals surface area contributed by atoms with Crippen LogP contribution in [0.2, 0.25) is 0 Å². The average molecular weight is 1770 g/mol. The third kappa shape index (κ3) is 19.1. The molecule has 1 saturated heterocycles. The van der Waals surface area contributed by atoms with Crippen molar-refractivity contribution in [3.05, 3.63) is 286 Å². The number of imidazole rings is 4. The summed E-state index contributed by atoms with van der Waals surface area (Å²) in [6.45, 7) is 10.7. The second kappa shape index (κ2) is 38.0. The van der Waals surface area contributed by atoms with Gasteiger partial charge in [0, 0.05) is 133 Å². The smallest absolute Gasteiger partial charge is 0.254 e. The van der Waals surface area contributed by atoms with Gasteiger partial charge in [0.05, 0.1) is 66.2 Å². The first-order chi connectivity index (χ1) is 64.0. The Kier molecular flexibility index (Phi) is 25.4. The van der Waals surface area contributed by atoms with Gasteiger partial charge in [0.15, 0.2) is 0 Å². The van der Waals surface area contributed by atoms with Gasteiger partial charge in [-0.15, -0.1) is 0 Å². The SMILES string of the molecule is CNC(=O)c1ccc2nc([C@H](C)C3CCC(c4ccnc5ccc(F)cc45)CC3)[nH]c2c1.C[C@@H](c1nc2ccc(C(=O)N(C)C)cc2[nH]1)C1CCC(c2ccnc3ccc(F)cc23)CC1.C[C@@H](c1nc2ccc(C(=O)N3CC3)cc2[nH]1)C1CCC(c2ccnc3ccc(F)cc23)CC1.C[C@@H](c1nc2ccc(C(=O)NC3CC3)cc2[nH]1)C1CCC(c2ccnc3ccc(F)cc23)CC1. The molecule has 1 aliphatic heterocycles. The fourth-order valence-electron chi connectivity index (χ4n) is 21.5. The lowest BCUT2D eigenvalue weighted by Gasteiger charge is -2.32. The molecule has 5 aliphatic carbocycles. The van der Waals surface area contributed by atoms with Crippen LogP contribution in [0, 0.1) is 46.9 Å². The molecule has 22 rings (SSSR count). The quantitative estimate of drug-likeness (QED) is 0.0367. The van der Waals surface area contributed by atoms with Crippen LogP contribution in [0.4, 0.5) is 17.6 Å². The van der Waals surface area contributed by atoms with E-state index >= 15 is 0 Å². The Balaban J connectivity index is 0.000000114. The summed E-state index contributed by atoms with van der Waals surface area (Å²) in [6.07, 6.45) is 27.0. The first-order valence-corrected chi connectivity index (χ1v) is 47.2. The van der Waals surface area contributed by atoms with Crippen molar-refractivity contribution in [1.29, 1.82) is 0 Å². The average Bonchev–Trinajstić information content (AvgIpc) is 1.69. The molecule has 6 aliphatic rings. The molecule has 0 spiro atoms. The highest BCUT2D eigenvalue weighted by Crippen LogP contribution is 2.49. The molecule has 0 radical (unpaired) electrons. The number of rotatable bonds is 17. The maximum Gasteiger partial charge on any atom is 0.254 e. The van der Waals surface area contributed by atoms with Crippen LogP contribution in [0.1, 0.15) is 278 Å². The number of H-pyrrole nitrogens is 4. The summed E-state index contributed by atoms with van der Waals surface area (Å²) >= 11 is 0. The van der Waals surface area contributed by atoms with Crippen molar-refractivity contribution in [2.24, 2.45) is 23.7 Å². The van der Waals surface area contributed by atoms with Gasteiger partial charge in [-0.25, -0.2) is 37.5 Å². The lowest BCUT2D eigenvalue weighted by molar-refractivity contribution is 0.0826. The largest absolute Gasteiger partial charge is 0.355 e. The highest BCUT2D eigenvalue weighted by Gasteiger charge is 2.36. The Hall–Kier alpha value is -13.1. The van der Waals surface area contributed by atoms with E-state index < -0.39 is 0 Å². The molecule has 6 fully saturated rings. The van der Waals surface area contributed by atoms with E-state index in [1.54, 1.807) is 74.6 Å². The van der Waals surface area contributed by atoms with Gasteiger partial charge in [-0.05, 0) is 355 Å². The Morgan fingerprint density at radius 1 is 0.341 bits per heavy atom. The highest BCUT2D eigenvalue weighted by molar-refractivity contribution is 6.00. The predicted octanol–water partition coefficient (Wildman–Crippen LogP) is 23.7. The number of pyridine rings is 4. The van der Waals surface area contributed by atoms with Gasteiger partial charge in [-0.1, -0.05) is 27.7 Å². The van der Waals surface area contributed by atoms with Gasteiger partial charge in [0.25, 0.3) is 23.6 Å². The molecule has 132 heavy (non-hydrogen) atoms. The number of nitrogens with one attached hydrogen (secondary N) is 6. The van der Waals surface area contributed by atoms with Gasteiger partial charge in [-0.2, -0.15) is 0 Å². The minimum Gasteiger partial charge on any atom is -0.355 e. The van der Waals surface area contributed by atoms with E-state index in [1.165, 1.54) is 46.5 Å². The van der Waals surface area contributed by atoms with Crippen LogP contribution in [-0.4, -0.2) is 134 Å². The van der Waals surface area contributed by atoms with Crippen molar-refractivity contribution in [2.45, 2.75) is 197 Å². The second-order valence-electron chi connectivity index (χ2n) is 38.1. The van der Waals surface area contributed by atoms with Crippen LogP contribution in [0.5, 0.6) is 0 Å². The molecule has 24 heteroatoms. The summed E-state index contributed by atoms with van der Waals surface area (Å²) in [5, 5.41) is 9.47. The summed E-state index contributed by atoms with van der Waals surface area (Å²) in [5.41, 5.74) is 18.3. The molecule has 0 bridgehead atoms. The number of fused-ring (bicyclic) bond motifs is 8. The number of benzene rings is 8. The highest BCUT2D eigenvalue weighted by atomic mass is 19.1. The molecular formula is C108H112F4N16O4. The van der Waals surface area contributed by atoms with E-state index in [4.69, 9.17) is 19.9 Å². The fraction of sp³-hybridized carbons (Fsp3) is 0.370. The third-order valence-electron chi connectivity index (χ3n) is 29.6. The standard InChI is InChI=1S/C28H29FN4O.C27H27FN4O.C27H29FN4O.C26H27FN4O/c1-16(27-32-25-10-6-19(14-26(25)33-27)28(34)31-21-8-9-21)17-2-4-18(5-3-17)22-12-13-30-24-11-7-20(29)15-23(22)24;1-16(26-30-24-8-6-19(14-25(24)31-26)27(33)32-12-13-32)17-2-4-18(5-3-17)21-10-11-29-23-9-7-20(28)15-22(21)23;1-16(26-30-24-10-8-19(14-25(24)31-26)27(33)32(2)3)17-4-6-18(7-5-17)21-12-13-29-23-11-9-20(28)15-22(21)23;1-15(25-30-23-9-7-18(26(32)28-2)13-24(23)31-25)16-3-5-17(6-4-16)20-11-12-29-22-10-8-19(27)14-21(20)22/h6-7,10-18,21H,2-5,8-9H2,1H3,(H,31,34)(H,32,33);6-11,14-18H,2-5,12-13H2,1H3,(H,30,31);8-18H,4-7H2,1-3H3,(H,30,31);7-17H,3-6H2,1-2H3,(H,28,32)(H,30,31)/t3*16-,17?,18?;15-,16?,17?/m1111/s1. The van der Waals surface area contributed by atoms with Gasteiger partial charge >= 0.3 is 0 Å². The van der Waals surface area contributed by atoms with Crippen LogP contribution in [0.15, 0.2) is 195 Å². The first-order valence-electron chi connectivity index (χ1n) is 47.2. The number of halogens is 4. The Morgan fingerprint density at radius 2 is 0.614 bits per heavy atom. The minimum absolute atomic E-state index is 0.00422. The summed E-state index contributed by atoms with van der Waals surface area (Å²) < 4.78 is 55.5. The zero-order chi connectivity index (χ0) is 91.1. The predicted molar refractivity (Wildman–Crippen MR) is 511 cm³/mol. The molecule has 676 valence electrons. The molecule has 9 heterocycles. The van der Waals surface area contributed by atoms with Crippen LogP contribution >= 0.6 is 0 Å². The van der Waals surface area contributed by atoms with Crippen molar-refractivity contribution in [1.82, 2.24) is 80.2 Å². The number of aromatic nitrogens is 12. The topological polar surface area (TPSA) is 265 Å². The van der Waals surface area contributed by atoms with Crippen molar-refractivity contribution in [3.63, 3.8) is 0 Å². The number of amides is 4. The summed E-state index contributed by atoms with van der Waals surface area (Å²) in [4.78, 5) is 103. The van der Waals surface area contributed by atoms with Crippen LogP contribution < -0.4 is 10.6 Å². The Morgan fingerprint density at radius 3 is 0.902 bits per heavy atom. The van der Waals surface area contributed by atoms with Crippen molar-refractivity contribution >= 4 is 111 Å². The zero-order valence-corrected chi connectivity index (χ0v) is 75.7. The van der Waals surface area contributed by atoms with Gasteiger partial charge in [0.2, 0.25) is 0 Å². The number of hydrogen-bond acceptors (Lipinski definition) is 12. The van der Waals surface area contributed by atoms with Crippen LogP contribution in [-0.2, 0) is 0 Å². The van der Waals surface area contributed by atoms with E-state index in [0.717, 1.165) is 245 Å². The monoisotopic (exact) mass is 1770 g/mol. The van der Waals surface area contributed by atoms with Crippen molar-refractivity contribution < 1.29 is 36.7 Å². The normalized spacial score (nSPS) is 20.6. The molecule has 5 saturated carbocycles. The lowest BCUT2D eigenvalue weighted by atomic mass is 9.73. The molecule has 16 aromatic rings.